The summed E-state index contributed by atoms with van der Waals surface area (Å²) in [6.45, 7) is 0. The Morgan fingerprint density at radius 2 is 1.00 bits per heavy atom. The van der Waals surface area contributed by atoms with Crippen LogP contribution in [0.25, 0.3) is 0 Å². The van der Waals surface area contributed by atoms with Gasteiger partial charge in [-0.1, -0.05) is 0 Å². The van der Waals surface area contributed by atoms with Crippen molar-refractivity contribution in [2.24, 2.45) is 0 Å². The van der Waals surface area contributed by atoms with Gasteiger partial charge in [-0.05, 0) is 0 Å². The average molecular weight is 248 g/mol. The molecule has 3 nitrogen and oxygen atoms in total. The van der Waals surface area contributed by atoms with Gasteiger partial charge in [0.05, 0.1) is 0 Å². The van der Waals surface area contributed by atoms with Crippen molar-refractivity contribution in [3.05, 3.63) is 60.7 Å². The molecule has 0 aromatic heterocycles. The molecule has 0 fully saturated rings. The summed E-state index contributed by atoms with van der Waals surface area (Å²) in [5.74, 6) is 0. The fourth-order valence-corrected chi connectivity index (χ4v) is 0.642. The third-order valence-corrected chi connectivity index (χ3v) is 1.11. The Labute approximate surface area is 100 Å². The maximum absolute atomic E-state index is 7.17. The van der Waals surface area contributed by atoms with E-state index in [1.807, 2.05) is 60.7 Å². The quantitative estimate of drug-likeness (QED) is 0.476. The van der Waals surface area contributed by atoms with Crippen LogP contribution in [0.15, 0.2) is 60.7 Å². The number of rotatable bonds is 0. The summed E-state index contributed by atoms with van der Waals surface area (Å²) in [6, 6.07) is 20.0. The first kappa shape index (κ1) is 16.6. The van der Waals surface area contributed by atoms with Crippen LogP contribution in [0, 0.1) is 0 Å². The monoisotopic (exact) mass is 248 g/mol. The molecule has 0 spiro atoms. The van der Waals surface area contributed by atoms with Gasteiger partial charge in [0, 0.05) is 17.1 Å². The van der Waals surface area contributed by atoms with Gasteiger partial charge in [0.15, 0.2) is 0 Å². The van der Waals surface area contributed by atoms with E-state index >= 15 is 0 Å². The molecule has 0 aliphatic carbocycles. The van der Waals surface area contributed by atoms with Crippen LogP contribution >= 0.6 is 0 Å². The summed E-state index contributed by atoms with van der Waals surface area (Å²) in [5.41, 5.74) is 0. The zero-order valence-corrected chi connectivity index (χ0v) is 9.15. The molecule has 5 heteroatoms. The Kier molecular flexibility index (Phi) is 14.6. The van der Waals surface area contributed by atoms with Crippen molar-refractivity contribution in [1.82, 2.24) is 0 Å². The molecule has 0 atom stereocenters. The van der Waals surface area contributed by atoms with Crippen molar-refractivity contribution in [1.29, 1.82) is 0 Å². The van der Waals surface area contributed by atoms with E-state index < -0.39 is 7.32 Å². The van der Waals surface area contributed by atoms with Gasteiger partial charge in [0.2, 0.25) is 0 Å². The minimum Gasteiger partial charge on any atom is -0.748 e. The SMILES string of the molecule is OB(O)O.[Fe].[cH-]1[cH-][cH-][cH-][cH-]1.c1cc[cH-]c1. The predicted octanol–water partition coefficient (Wildman–Crippen LogP) is 0.757. The first-order chi connectivity index (χ1) is 6.73. The second kappa shape index (κ2) is 13.2. The molecule has 0 radical (unpaired) electrons. The van der Waals surface area contributed by atoms with Crippen molar-refractivity contribution in [2.75, 3.05) is 0 Å². The summed E-state index contributed by atoms with van der Waals surface area (Å²) in [4.78, 5) is 0. The summed E-state index contributed by atoms with van der Waals surface area (Å²) < 4.78 is 0. The molecule has 2 aromatic carbocycles. The Balaban J connectivity index is 0. The van der Waals surface area contributed by atoms with Gasteiger partial charge in [0.25, 0.3) is 0 Å². The zero-order chi connectivity index (χ0) is 10.6. The van der Waals surface area contributed by atoms with Gasteiger partial charge in [-0.25, -0.2) is 12.1 Å². The zero-order valence-electron chi connectivity index (χ0n) is 8.05. The number of hydrogen-bond acceptors (Lipinski definition) is 3. The van der Waals surface area contributed by atoms with Crippen molar-refractivity contribution >= 4 is 7.32 Å². The third kappa shape index (κ3) is 19.5. The molecule has 2 aromatic rings. The first-order valence-electron chi connectivity index (χ1n) is 4.11. The van der Waals surface area contributed by atoms with Crippen molar-refractivity contribution in [2.45, 2.75) is 0 Å². The molecule has 0 bridgehead atoms. The largest absolute Gasteiger partial charge is 0.748 e. The van der Waals surface area contributed by atoms with E-state index in [4.69, 9.17) is 15.1 Å². The molecule has 3 N–H and O–H groups in total. The molecular weight excluding hydrogens is 235 g/mol. The van der Waals surface area contributed by atoms with Crippen molar-refractivity contribution < 1.29 is 32.1 Å². The molecule has 0 saturated carbocycles. The fraction of sp³-hybridized carbons (Fsp3) is 0. The second-order valence-corrected chi connectivity index (χ2v) is 2.27. The predicted molar refractivity (Wildman–Crippen MR) is 56.5 cm³/mol. The molecule has 0 saturated heterocycles. The molecule has 0 amide bonds. The smallest absolute Gasteiger partial charge is 0.631 e. The van der Waals surface area contributed by atoms with Crippen LogP contribution < -0.4 is 0 Å². The van der Waals surface area contributed by atoms with E-state index in [1.165, 1.54) is 0 Å². The van der Waals surface area contributed by atoms with Gasteiger partial charge in [0.1, 0.15) is 0 Å². The minimum absolute atomic E-state index is 0. The van der Waals surface area contributed by atoms with E-state index in [2.05, 4.69) is 0 Å². The van der Waals surface area contributed by atoms with Crippen LogP contribution in [0.4, 0.5) is 0 Å². The molecule has 0 heterocycles. The Hall–Kier alpha value is -0.836. The van der Waals surface area contributed by atoms with Gasteiger partial charge in [-0.2, -0.15) is 18.2 Å². The Morgan fingerprint density at radius 3 is 1.13 bits per heavy atom. The van der Waals surface area contributed by atoms with E-state index in [0.717, 1.165) is 0 Å². The minimum atomic E-state index is -2.17. The summed E-state index contributed by atoms with van der Waals surface area (Å²) in [6.07, 6.45) is 0. The van der Waals surface area contributed by atoms with Crippen LogP contribution in [0.3, 0.4) is 0 Å². The molecule has 0 aliphatic rings. The van der Waals surface area contributed by atoms with Gasteiger partial charge in [-0.3, -0.25) is 0 Å². The van der Waals surface area contributed by atoms with Gasteiger partial charge in [-0.15, -0.1) is 0 Å². The fourth-order valence-electron chi connectivity index (χ4n) is 0.642. The molecule has 88 valence electrons. The van der Waals surface area contributed by atoms with Crippen LogP contribution in [0.2, 0.25) is 0 Å². The molecule has 0 aliphatic heterocycles. The molecule has 0 unspecified atom stereocenters. The second-order valence-electron chi connectivity index (χ2n) is 2.27. The van der Waals surface area contributed by atoms with Crippen LogP contribution in [0.5, 0.6) is 0 Å². The van der Waals surface area contributed by atoms with Crippen molar-refractivity contribution in [3.8, 4) is 0 Å². The van der Waals surface area contributed by atoms with Crippen molar-refractivity contribution in [3.63, 3.8) is 0 Å². The van der Waals surface area contributed by atoms with Gasteiger partial charge < -0.3 is 45.4 Å². The molecular formula is C10H13BFeO3-6. The van der Waals surface area contributed by atoms with Crippen LogP contribution in [-0.2, 0) is 17.1 Å². The van der Waals surface area contributed by atoms with E-state index in [0.29, 0.717) is 0 Å². The summed E-state index contributed by atoms with van der Waals surface area (Å²) >= 11 is 0. The number of hydrogen-bond donors (Lipinski definition) is 3. The Morgan fingerprint density at radius 1 is 0.733 bits per heavy atom. The van der Waals surface area contributed by atoms with Crippen LogP contribution in [0.1, 0.15) is 0 Å². The van der Waals surface area contributed by atoms with E-state index in [1.54, 1.807) is 0 Å². The molecule has 15 heavy (non-hydrogen) atoms. The van der Waals surface area contributed by atoms with Gasteiger partial charge >= 0.3 is 7.32 Å². The van der Waals surface area contributed by atoms with Crippen LogP contribution in [-0.4, -0.2) is 22.4 Å². The Bertz CT molecular complexity index is 193. The summed E-state index contributed by atoms with van der Waals surface area (Å²) in [7, 11) is -2.17. The van der Waals surface area contributed by atoms with E-state index in [9.17, 15) is 0 Å². The molecule has 2 rings (SSSR count). The maximum Gasteiger partial charge on any atom is 0.631 e. The first-order valence-corrected chi connectivity index (χ1v) is 4.11. The van der Waals surface area contributed by atoms with E-state index in [-0.39, 0.29) is 17.1 Å². The average Bonchev–Trinajstić information content (AvgIpc) is 2.83. The standard InChI is InChI=1S/2C5H5.BH3O3.Fe/c2*1-2-4-5-3-1;2-1(3)4;/h2*1-5H;2-4H;/q-5;-1;;. The maximum atomic E-state index is 7.17. The normalized spacial score (nSPS) is 7.13. The third-order valence-electron chi connectivity index (χ3n) is 1.11. The summed E-state index contributed by atoms with van der Waals surface area (Å²) in [5, 5.41) is 21.5. The topological polar surface area (TPSA) is 60.7 Å².